The van der Waals surface area contributed by atoms with Crippen LogP contribution in [0.1, 0.15) is 44.7 Å². The second-order valence-corrected chi connectivity index (χ2v) is 8.38. The molecule has 5 nitrogen and oxygen atoms in total. The van der Waals surface area contributed by atoms with Gasteiger partial charge in [0.2, 0.25) is 0 Å². The maximum Gasteiger partial charge on any atom is 0.308 e. The normalized spacial score (nSPS) is 18.9. The summed E-state index contributed by atoms with van der Waals surface area (Å²) in [6.45, 7) is 4.89. The van der Waals surface area contributed by atoms with E-state index in [-0.39, 0.29) is 30.2 Å². The molecule has 1 aromatic carbocycles. The molecular formula is C25H27FN2O3. The number of ether oxygens (including phenoxy) is 1. The minimum Gasteiger partial charge on any atom is -0.462 e. The molecule has 3 heterocycles. The number of aliphatic hydroxyl groups excluding tert-OH is 1. The molecule has 6 heteroatoms. The first-order valence-corrected chi connectivity index (χ1v) is 10.7. The Hall–Kier alpha value is -2.99. The number of pyridine rings is 1. The van der Waals surface area contributed by atoms with Crippen molar-refractivity contribution >= 4 is 5.97 Å². The molecule has 1 aliphatic heterocycles. The molecule has 3 aromatic rings. The summed E-state index contributed by atoms with van der Waals surface area (Å²) in [5.74, 6) is -0.378. The monoisotopic (exact) mass is 422 g/mol. The van der Waals surface area contributed by atoms with Crippen LogP contribution in [0.5, 0.6) is 0 Å². The minimum absolute atomic E-state index is 0.0588. The first kappa shape index (κ1) is 21.2. The molecule has 162 valence electrons. The van der Waals surface area contributed by atoms with E-state index in [1.54, 1.807) is 18.3 Å². The van der Waals surface area contributed by atoms with Gasteiger partial charge in [0.15, 0.2) is 0 Å². The third-order valence-electron chi connectivity index (χ3n) is 5.72. The number of aliphatic hydroxyl groups is 1. The van der Waals surface area contributed by atoms with Crippen molar-refractivity contribution < 1.29 is 19.0 Å². The van der Waals surface area contributed by atoms with Crippen LogP contribution in [0.4, 0.5) is 4.39 Å². The summed E-state index contributed by atoms with van der Waals surface area (Å²) in [6, 6.07) is 12.6. The minimum atomic E-state index is -0.650. The van der Waals surface area contributed by atoms with Gasteiger partial charge in [-0.25, -0.2) is 4.39 Å². The van der Waals surface area contributed by atoms with Gasteiger partial charge in [0.05, 0.1) is 18.2 Å². The molecule has 0 bridgehead atoms. The summed E-state index contributed by atoms with van der Waals surface area (Å²) < 4.78 is 21.3. The fraction of sp³-hybridized carbons (Fsp3) is 0.360. The second kappa shape index (κ2) is 9.02. The SMILES string of the molecule is CC(C)c1cc(-c2cccnc2)c(-c2ccc(F)cc2)n1CC[C@H]1C[C@H](O)CC(=O)O1. The van der Waals surface area contributed by atoms with Crippen molar-refractivity contribution in [1.82, 2.24) is 9.55 Å². The molecule has 1 fully saturated rings. The number of hydrogen-bond acceptors (Lipinski definition) is 4. The maximum atomic E-state index is 13.6. The van der Waals surface area contributed by atoms with Crippen LogP contribution in [-0.4, -0.2) is 32.8 Å². The van der Waals surface area contributed by atoms with Crippen LogP contribution in [0.3, 0.4) is 0 Å². The number of benzene rings is 1. The number of nitrogens with zero attached hydrogens (tertiary/aromatic N) is 2. The van der Waals surface area contributed by atoms with E-state index in [1.165, 1.54) is 12.1 Å². The van der Waals surface area contributed by atoms with Crippen molar-refractivity contribution in [2.45, 2.75) is 57.8 Å². The average molecular weight is 423 g/mol. The highest BCUT2D eigenvalue weighted by Gasteiger charge is 2.28. The molecule has 1 aliphatic rings. The Labute approximate surface area is 181 Å². The Morgan fingerprint density at radius 2 is 2.00 bits per heavy atom. The molecule has 0 saturated carbocycles. The smallest absolute Gasteiger partial charge is 0.308 e. The van der Waals surface area contributed by atoms with Gasteiger partial charge in [-0.05, 0) is 47.9 Å². The Bertz CT molecular complexity index is 1040. The summed E-state index contributed by atoms with van der Waals surface area (Å²) in [4.78, 5) is 16.0. The van der Waals surface area contributed by atoms with Crippen LogP contribution >= 0.6 is 0 Å². The van der Waals surface area contributed by atoms with Crippen molar-refractivity contribution in [3.8, 4) is 22.4 Å². The van der Waals surface area contributed by atoms with E-state index in [2.05, 4.69) is 29.5 Å². The first-order valence-electron chi connectivity index (χ1n) is 10.7. The number of halogens is 1. The van der Waals surface area contributed by atoms with Crippen LogP contribution in [0, 0.1) is 5.82 Å². The zero-order valence-corrected chi connectivity index (χ0v) is 17.8. The molecule has 0 spiro atoms. The van der Waals surface area contributed by atoms with Crippen LogP contribution < -0.4 is 0 Å². The predicted octanol–water partition coefficient (Wildman–Crippen LogP) is 4.94. The van der Waals surface area contributed by atoms with E-state index in [9.17, 15) is 14.3 Å². The fourth-order valence-electron chi connectivity index (χ4n) is 4.26. The molecule has 0 unspecified atom stereocenters. The van der Waals surface area contributed by atoms with Gasteiger partial charge in [-0.1, -0.05) is 19.9 Å². The lowest BCUT2D eigenvalue weighted by Gasteiger charge is -2.27. The van der Waals surface area contributed by atoms with E-state index >= 15 is 0 Å². The topological polar surface area (TPSA) is 64.3 Å². The number of cyclic esters (lactones) is 1. The predicted molar refractivity (Wildman–Crippen MR) is 117 cm³/mol. The van der Waals surface area contributed by atoms with Gasteiger partial charge in [0, 0.05) is 48.6 Å². The molecule has 2 atom stereocenters. The van der Waals surface area contributed by atoms with Crippen LogP contribution in [0.15, 0.2) is 54.9 Å². The average Bonchev–Trinajstić information content (AvgIpc) is 3.12. The van der Waals surface area contributed by atoms with Gasteiger partial charge >= 0.3 is 5.97 Å². The van der Waals surface area contributed by atoms with Crippen LogP contribution in [-0.2, 0) is 16.1 Å². The molecule has 0 radical (unpaired) electrons. The van der Waals surface area contributed by atoms with Crippen molar-refractivity contribution in [2.24, 2.45) is 0 Å². The van der Waals surface area contributed by atoms with Crippen molar-refractivity contribution in [3.63, 3.8) is 0 Å². The van der Waals surface area contributed by atoms with Gasteiger partial charge in [-0.3, -0.25) is 9.78 Å². The summed E-state index contributed by atoms with van der Waals surface area (Å²) in [5, 5.41) is 9.95. The van der Waals surface area contributed by atoms with Crippen molar-refractivity contribution in [1.29, 1.82) is 0 Å². The first-order chi connectivity index (χ1) is 14.9. The largest absolute Gasteiger partial charge is 0.462 e. The third kappa shape index (κ3) is 4.69. The molecule has 4 rings (SSSR count). The molecule has 31 heavy (non-hydrogen) atoms. The summed E-state index contributed by atoms with van der Waals surface area (Å²) in [6.07, 6.45) is 3.71. The molecule has 1 N–H and O–H groups in total. The van der Waals surface area contributed by atoms with E-state index < -0.39 is 6.10 Å². The van der Waals surface area contributed by atoms with Gasteiger partial charge in [0.1, 0.15) is 11.9 Å². The Morgan fingerprint density at radius 3 is 2.65 bits per heavy atom. The number of esters is 1. The highest BCUT2D eigenvalue weighted by atomic mass is 19.1. The quantitative estimate of drug-likeness (QED) is 0.572. The molecular weight excluding hydrogens is 395 g/mol. The maximum absolute atomic E-state index is 13.6. The number of carbonyl (C=O) groups is 1. The Balaban J connectivity index is 1.77. The van der Waals surface area contributed by atoms with Crippen molar-refractivity contribution in [2.75, 3.05) is 0 Å². The fourth-order valence-corrected chi connectivity index (χ4v) is 4.26. The zero-order valence-electron chi connectivity index (χ0n) is 17.8. The van der Waals surface area contributed by atoms with E-state index in [1.807, 2.05) is 18.3 Å². The van der Waals surface area contributed by atoms with Crippen molar-refractivity contribution in [3.05, 3.63) is 66.4 Å². The van der Waals surface area contributed by atoms with Gasteiger partial charge in [0.25, 0.3) is 0 Å². The van der Waals surface area contributed by atoms with E-state index in [0.29, 0.717) is 19.4 Å². The highest BCUT2D eigenvalue weighted by molar-refractivity contribution is 5.82. The van der Waals surface area contributed by atoms with E-state index in [4.69, 9.17) is 4.74 Å². The third-order valence-corrected chi connectivity index (χ3v) is 5.72. The Kier molecular flexibility index (Phi) is 6.18. The lowest BCUT2D eigenvalue weighted by atomic mass is 10.0. The molecule has 0 aliphatic carbocycles. The summed E-state index contributed by atoms with van der Waals surface area (Å²) >= 11 is 0. The standard InChI is InChI=1S/C25H27FN2O3/c1-16(2)23-14-22(18-4-3-10-27-15-18)25(17-5-7-19(26)8-6-17)28(23)11-9-21-12-20(29)13-24(30)31-21/h3-8,10,14-16,20-21,29H,9,11-13H2,1-2H3/t20-,21-/m0/s1. The highest BCUT2D eigenvalue weighted by Crippen LogP contribution is 2.38. The number of hydrogen-bond donors (Lipinski definition) is 1. The second-order valence-electron chi connectivity index (χ2n) is 8.38. The molecule has 0 amide bonds. The lowest BCUT2D eigenvalue weighted by Crippen LogP contribution is -2.33. The number of carbonyl (C=O) groups excluding carboxylic acids is 1. The molecule has 2 aromatic heterocycles. The van der Waals surface area contributed by atoms with Crippen LogP contribution in [0.2, 0.25) is 0 Å². The van der Waals surface area contributed by atoms with Gasteiger partial charge in [-0.2, -0.15) is 0 Å². The van der Waals surface area contributed by atoms with Gasteiger partial charge in [-0.15, -0.1) is 0 Å². The summed E-state index contributed by atoms with van der Waals surface area (Å²) in [5.41, 5.74) is 5.05. The summed E-state index contributed by atoms with van der Waals surface area (Å²) in [7, 11) is 0. The molecule has 1 saturated heterocycles. The lowest BCUT2D eigenvalue weighted by molar-refractivity contribution is -0.160. The number of aromatic nitrogens is 2. The van der Waals surface area contributed by atoms with Gasteiger partial charge < -0.3 is 14.4 Å². The Morgan fingerprint density at radius 1 is 1.23 bits per heavy atom. The van der Waals surface area contributed by atoms with Crippen LogP contribution in [0.25, 0.3) is 22.4 Å². The number of rotatable bonds is 6. The van der Waals surface area contributed by atoms with E-state index in [0.717, 1.165) is 28.1 Å². The zero-order chi connectivity index (χ0) is 22.0.